The summed E-state index contributed by atoms with van der Waals surface area (Å²) in [5.41, 5.74) is 1.87. The van der Waals surface area contributed by atoms with E-state index in [1.807, 2.05) is 60.7 Å². The van der Waals surface area contributed by atoms with Crippen molar-refractivity contribution in [1.29, 1.82) is 0 Å². The topological polar surface area (TPSA) is 84.0 Å². The Morgan fingerprint density at radius 2 is 1.59 bits per heavy atom. The Morgan fingerprint density at radius 3 is 2.33 bits per heavy atom. The number of aromatic nitrogens is 2. The minimum atomic E-state index is -0.116. The van der Waals surface area contributed by atoms with Crippen LogP contribution < -0.4 is 10.6 Å². The van der Waals surface area contributed by atoms with E-state index in [2.05, 4.69) is 20.8 Å². The first kappa shape index (κ1) is 19.1. The second-order valence-electron chi connectivity index (χ2n) is 5.61. The Labute approximate surface area is 165 Å². The average molecular weight is 399 g/mol. The quantitative estimate of drug-likeness (QED) is 0.445. The molecule has 0 unspecified atom stereocenters. The predicted octanol–water partition coefficient (Wildman–Crippen LogP) is 3.84. The standard InChI is InChI=1S/C19H18N4O2S2/c24-16(12-11-14-7-3-1-4-8-14)21-18-22-23-19(27-18)26-13-17(25)20-15-9-5-2-6-10-15/h1-10H,11-13H2,(H,20,25)(H,21,22,24). The van der Waals surface area contributed by atoms with E-state index < -0.39 is 0 Å². The van der Waals surface area contributed by atoms with Crippen LogP contribution in [0.4, 0.5) is 10.8 Å². The predicted molar refractivity (Wildman–Crippen MR) is 109 cm³/mol. The molecule has 1 aromatic heterocycles. The Bertz CT molecular complexity index is 885. The highest BCUT2D eigenvalue weighted by molar-refractivity contribution is 8.01. The molecule has 3 rings (SSSR count). The molecule has 0 aliphatic heterocycles. The molecule has 2 N–H and O–H groups in total. The molecule has 0 saturated heterocycles. The molecule has 0 radical (unpaired) electrons. The van der Waals surface area contributed by atoms with Crippen molar-refractivity contribution < 1.29 is 9.59 Å². The molecule has 2 amide bonds. The second-order valence-corrected chi connectivity index (χ2v) is 7.81. The number of carbonyl (C=O) groups excluding carboxylic acids is 2. The molecule has 27 heavy (non-hydrogen) atoms. The summed E-state index contributed by atoms with van der Waals surface area (Å²) in [5, 5.41) is 14.0. The van der Waals surface area contributed by atoms with Gasteiger partial charge in [-0.25, -0.2) is 0 Å². The van der Waals surface area contributed by atoms with Gasteiger partial charge in [-0.15, -0.1) is 10.2 Å². The van der Waals surface area contributed by atoms with E-state index >= 15 is 0 Å². The van der Waals surface area contributed by atoms with Crippen molar-refractivity contribution in [1.82, 2.24) is 10.2 Å². The largest absolute Gasteiger partial charge is 0.325 e. The van der Waals surface area contributed by atoms with Crippen molar-refractivity contribution in [3.05, 3.63) is 66.2 Å². The molecule has 0 saturated carbocycles. The molecule has 1 heterocycles. The third-order valence-electron chi connectivity index (χ3n) is 3.52. The molecule has 0 bridgehead atoms. The summed E-state index contributed by atoms with van der Waals surface area (Å²) in [4.78, 5) is 24.0. The number of aryl methyl sites for hydroxylation is 1. The molecule has 0 atom stereocenters. The average Bonchev–Trinajstić information content (AvgIpc) is 3.14. The van der Waals surface area contributed by atoms with Crippen LogP contribution >= 0.6 is 23.1 Å². The SMILES string of the molecule is O=C(CSc1nnc(NC(=O)CCc2ccccc2)s1)Nc1ccccc1. The van der Waals surface area contributed by atoms with Crippen LogP contribution in [0.1, 0.15) is 12.0 Å². The Morgan fingerprint density at radius 1 is 0.889 bits per heavy atom. The number of nitrogens with one attached hydrogen (secondary N) is 2. The van der Waals surface area contributed by atoms with Crippen molar-refractivity contribution >= 4 is 45.7 Å². The maximum Gasteiger partial charge on any atom is 0.234 e. The van der Waals surface area contributed by atoms with E-state index in [9.17, 15) is 9.59 Å². The lowest BCUT2D eigenvalue weighted by atomic mass is 10.1. The first-order valence-corrected chi connectivity index (χ1v) is 10.1. The molecule has 6 nitrogen and oxygen atoms in total. The molecule has 0 aliphatic rings. The first-order valence-electron chi connectivity index (χ1n) is 8.34. The number of anilines is 2. The third-order valence-corrected chi connectivity index (χ3v) is 5.49. The zero-order valence-corrected chi connectivity index (χ0v) is 16.1. The molecular formula is C19H18N4O2S2. The molecule has 0 aliphatic carbocycles. The van der Waals surface area contributed by atoms with Gasteiger partial charge in [-0.1, -0.05) is 71.6 Å². The summed E-state index contributed by atoms with van der Waals surface area (Å²) in [6.45, 7) is 0. The van der Waals surface area contributed by atoms with E-state index in [0.717, 1.165) is 11.3 Å². The molecular weight excluding hydrogens is 380 g/mol. The zero-order valence-electron chi connectivity index (χ0n) is 14.4. The van der Waals surface area contributed by atoms with Gasteiger partial charge in [0.1, 0.15) is 0 Å². The molecule has 3 aromatic rings. The van der Waals surface area contributed by atoms with Crippen LogP contribution in [0.2, 0.25) is 0 Å². The number of benzene rings is 2. The molecule has 0 spiro atoms. The number of hydrogen-bond acceptors (Lipinski definition) is 6. The van der Waals surface area contributed by atoms with Gasteiger partial charge in [0.05, 0.1) is 5.75 Å². The molecule has 8 heteroatoms. The normalized spacial score (nSPS) is 10.4. The minimum absolute atomic E-state index is 0.103. The van der Waals surface area contributed by atoms with Crippen LogP contribution in [0, 0.1) is 0 Å². The lowest BCUT2D eigenvalue weighted by molar-refractivity contribution is -0.116. The number of carbonyl (C=O) groups is 2. The number of rotatable bonds is 8. The van der Waals surface area contributed by atoms with Gasteiger partial charge in [-0.3, -0.25) is 9.59 Å². The molecule has 138 valence electrons. The van der Waals surface area contributed by atoms with E-state index in [1.54, 1.807) is 0 Å². The number of para-hydroxylation sites is 1. The van der Waals surface area contributed by atoms with Crippen LogP contribution in [0.15, 0.2) is 65.0 Å². The third kappa shape index (κ3) is 6.50. The van der Waals surface area contributed by atoms with Gasteiger partial charge in [-0.2, -0.15) is 0 Å². The number of thioether (sulfide) groups is 1. The highest BCUT2D eigenvalue weighted by Crippen LogP contribution is 2.25. The Balaban J connectivity index is 1.41. The summed E-state index contributed by atoms with van der Waals surface area (Å²) in [6.07, 6.45) is 1.05. The molecule has 2 aromatic carbocycles. The van der Waals surface area contributed by atoms with Gasteiger partial charge in [0, 0.05) is 12.1 Å². The van der Waals surface area contributed by atoms with Crippen LogP contribution in [0.25, 0.3) is 0 Å². The fraction of sp³-hybridized carbons (Fsp3) is 0.158. The smallest absolute Gasteiger partial charge is 0.234 e. The van der Waals surface area contributed by atoms with Crippen molar-refractivity contribution in [2.45, 2.75) is 17.2 Å². The van der Waals surface area contributed by atoms with Crippen molar-refractivity contribution in [3.8, 4) is 0 Å². The van der Waals surface area contributed by atoms with Gasteiger partial charge in [0.25, 0.3) is 0 Å². The Kier molecular flexibility index (Phi) is 6.95. The van der Waals surface area contributed by atoms with Crippen LogP contribution in [0.5, 0.6) is 0 Å². The summed E-state index contributed by atoms with van der Waals surface area (Å²) in [6, 6.07) is 19.1. The minimum Gasteiger partial charge on any atom is -0.325 e. The number of hydrogen-bond donors (Lipinski definition) is 2. The van der Waals surface area contributed by atoms with E-state index in [4.69, 9.17) is 0 Å². The summed E-state index contributed by atoms with van der Waals surface area (Å²) < 4.78 is 0.636. The Hall–Kier alpha value is -2.71. The van der Waals surface area contributed by atoms with Crippen LogP contribution in [-0.2, 0) is 16.0 Å². The fourth-order valence-corrected chi connectivity index (χ4v) is 3.82. The summed E-state index contributed by atoms with van der Waals surface area (Å²) in [7, 11) is 0. The van der Waals surface area contributed by atoms with E-state index in [-0.39, 0.29) is 17.6 Å². The van der Waals surface area contributed by atoms with E-state index in [1.165, 1.54) is 23.1 Å². The van der Waals surface area contributed by atoms with Gasteiger partial charge in [0.2, 0.25) is 16.9 Å². The highest BCUT2D eigenvalue weighted by Gasteiger charge is 2.11. The van der Waals surface area contributed by atoms with E-state index in [0.29, 0.717) is 22.3 Å². The van der Waals surface area contributed by atoms with Crippen molar-refractivity contribution in [2.75, 3.05) is 16.4 Å². The number of amides is 2. The van der Waals surface area contributed by atoms with Crippen molar-refractivity contribution in [2.24, 2.45) is 0 Å². The monoisotopic (exact) mass is 398 g/mol. The summed E-state index contributed by atoms with van der Waals surface area (Å²) in [5.74, 6) is 0.00842. The van der Waals surface area contributed by atoms with Gasteiger partial charge in [0.15, 0.2) is 4.34 Å². The maximum atomic E-state index is 12.0. The lowest BCUT2D eigenvalue weighted by Crippen LogP contribution is -2.13. The number of nitrogens with zero attached hydrogens (tertiary/aromatic N) is 2. The molecule has 0 fully saturated rings. The lowest BCUT2D eigenvalue weighted by Gasteiger charge is -2.03. The second kappa shape index (κ2) is 9.84. The van der Waals surface area contributed by atoms with Crippen molar-refractivity contribution in [3.63, 3.8) is 0 Å². The van der Waals surface area contributed by atoms with Crippen LogP contribution in [-0.4, -0.2) is 27.8 Å². The van der Waals surface area contributed by atoms with Gasteiger partial charge in [-0.05, 0) is 24.1 Å². The fourth-order valence-electron chi connectivity index (χ4n) is 2.25. The first-order chi connectivity index (χ1) is 13.2. The maximum absolute atomic E-state index is 12.0. The van der Waals surface area contributed by atoms with Gasteiger partial charge >= 0.3 is 0 Å². The van der Waals surface area contributed by atoms with Gasteiger partial charge < -0.3 is 10.6 Å². The summed E-state index contributed by atoms with van der Waals surface area (Å²) >= 11 is 2.55. The highest BCUT2D eigenvalue weighted by atomic mass is 32.2. The zero-order chi connectivity index (χ0) is 18.9. The van der Waals surface area contributed by atoms with Crippen LogP contribution in [0.3, 0.4) is 0 Å².